The Balaban J connectivity index is 3.06. The van der Waals surface area contributed by atoms with Crippen LogP contribution in [-0.2, 0) is 10.0 Å². The third-order valence-electron chi connectivity index (χ3n) is 2.36. The van der Waals surface area contributed by atoms with E-state index in [1.54, 1.807) is 26.0 Å². The topological polar surface area (TPSA) is 69.4 Å². The second kappa shape index (κ2) is 5.33. The second-order valence-electron chi connectivity index (χ2n) is 3.85. The minimum Gasteiger partial charge on any atom is -0.493 e. The lowest BCUT2D eigenvalue weighted by atomic mass is 10.1. The second-order valence-corrected chi connectivity index (χ2v) is 5.38. The molecule has 17 heavy (non-hydrogen) atoms. The average molecular weight is 255 g/mol. The number of hydrogen-bond donors (Lipinski definition) is 1. The van der Waals surface area contributed by atoms with E-state index < -0.39 is 10.0 Å². The van der Waals surface area contributed by atoms with Crippen LogP contribution >= 0.6 is 0 Å². The molecule has 2 N–H and O–H groups in total. The van der Waals surface area contributed by atoms with Gasteiger partial charge in [-0.1, -0.05) is 6.08 Å². The molecule has 0 radical (unpaired) electrons. The van der Waals surface area contributed by atoms with Crippen LogP contribution in [0.15, 0.2) is 29.7 Å². The molecule has 94 valence electrons. The molecule has 0 atom stereocenters. The van der Waals surface area contributed by atoms with Gasteiger partial charge in [0.25, 0.3) is 0 Å². The first-order valence-corrected chi connectivity index (χ1v) is 6.78. The van der Waals surface area contributed by atoms with Gasteiger partial charge in [0.1, 0.15) is 5.75 Å². The van der Waals surface area contributed by atoms with Crippen LogP contribution < -0.4 is 9.88 Å². The Kier molecular flexibility index (Phi) is 4.31. The summed E-state index contributed by atoms with van der Waals surface area (Å²) in [5.41, 5.74) is 1.34. The molecule has 0 saturated heterocycles. The van der Waals surface area contributed by atoms with Gasteiger partial charge in [0.05, 0.1) is 11.5 Å². The molecule has 0 aromatic heterocycles. The number of rotatable bonds is 5. The lowest BCUT2D eigenvalue weighted by Gasteiger charge is -2.11. The number of benzene rings is 1. The van der Waals surface area contributed by atoms with Crippen molar-refractivity contribution < 1.29 is 13.2 Å². The van der Waals surface area contributed by atoms with E-state index in [-0.39, 0.29) is 4.90 Å². The molecule has 0 heterocycles. The van der Waals surface area contributed by atoms with Crippen molar-refractivity contribution >= 4 is 10.0 Å². The van der Waals surface area contributed by atoms with Gasteiger partial charge in [0, 0.05) is 0 Å². The predicted octanol–water partition coefficient (Wildman–Crippen LogP) is 1.91. The molecule has 4 nitrogen and oxygen atoms in total. The molecule has 0 fully saturated rings. The van der Waals surface area contributed by atoms with Gasteiger partial charge in [-0.15, -0.1) is 6.58 Å². The van der Waals surface area contributed by atoms with Crippen LogP contribution in [0.25, 0.3) is 0 Å². The van der Waals surface area contributed by atoms with Gasteiger partial charge >= 0.3 is 0 Å². The van der Waals surface area contributed by atoms with Gasteiger partial charge in [-0.3, -0.25) is 0 Å². The van der Waals surface area contributed by atoms with Crippen LogP contribution in [0.2, 0.25) is 0 Å². The maximum absolute atomic E-state index is 11.3. The van der Waals surface area contributed by atoms with Gasteiger partial charge in [-0.05, 0) is 43.5 Å². The van der Waals surface area contributed by atoms with E-state index in [9.17, 15) is 8.42 Å². The number of sulfonamides is 1. The van der Waals surface area contributed by atoms with Crippen molar-refractivity contribution in [2.45, 2.75) is 25.2 Å². The summed E-state index contributed by atoms with van der Waals surface area (Å²) in [6.45, 7) is 7.61. The summed E-state index contributed by atoms with van der Waals surface area (Å²) >= 11 is 0. The highest BCUT2D eigenvalue weighted by Gasteiger charge is 2.14. The Morgan fingerprint density at radius 1 is 1.35 bits per heavy atom. The summed E-state index contributed by atoms with van der Waals surface area (Å²) in [6, 6.07) is 3.23. The first-order valence-electron chi connectivity index (χ1n) is 5.24. The van der Waals surface area contributed by atoms with Gasteiger partial charge in [0.2, 0.25) is 10.0 Å². The van der Waals surface area contributed by atoms with E-state index in [1.807, 2.05) is 0 Å². The van der Waals surface area contributed by atoms with Crippen molar-refractivity contribution in [1.82, 2.24) is 0 Å². The van der Waals surface area contributed by atoms with Crippen molar-refractivity contribution in [2.24, 2.45) is 5.14 Å². The standard InChI is InChI=1S/C12H17NO3S/c1-4-5-6-16-11-7-10(3)12(8-9(11)2)17(13,14)15/h4,7-8H,1,5-6H2,2-3H3,(H2,13,14,15). The van der Waals surface area contributed by atoms with Gasteiger partial charge in [-0.25, -0.2) is 13.6 Å². The van der Waals surface area contributed by atoms with Gasteiger partial charge in [-0.2, -0.15) is 0 Å². The first kappa shape index (κ1) is 13.7. The fourth-order valence-electron chi connectivity index (χ4n) is 1.48. The van der Waals surface area contributed by atoms with Crippen LogP contribution in [0.1, 0.15) is 17.5 Å². The Labute approximate surface area is 102 Å². The molecule has 0 amide bonds. The van der Waals surface area contributed by atoms with Crippen molar-refractivity contribution in [2.75, 3.05) is 6.61 Å². The highest BCUT2D eigenvalue weighted by Crippen LogP contribution is 2.25. The summed E-state index contributed by atoms with van der Waals surface area (Å²) in [5, 5.41) is 5.12. The SMILES string of the molecule is C=CCCOc1cc(C)c(S(N)(=O)=O)cc1C. The molecular weight excluding hydrogens is 238 g/mol. The zero-order valence-corrected chi connectivity index (χ0v) is 10.9. The molecule has 5 heteroatoms. The van der Waals surface area contributed by atoms with E-state index in [2.05, 4.69) is 6.58 Å². The van der Waals surface area contributed by atoms with Crippen molar-refractivity contribution in [3.05, 3.63) is 35.9 Å². The highest BCUT2D eigenvalue weighted by atomic mass is 32.2. The van der Waals surface area contributed by atoms with Gasteiger partial charge < -0.3 is 4.74 Å². The molecule has 0 saturated carbocycles. The largest absolute Gasteiger partial charge is 0.493 e. The molecular formula is C12H17NO3S. The Hall–Kier alpha value is -1.33. The minimum absolute atomic E-state index is 0.145. The molecule has 0 aliphatic rings. The van der Waals surface area contributed by atoms with Crippen LogP contribution in [0.4, 0.5) is 0 Å². The zero-order valence-electron chi connectivity index (χ0n) is 10.1. The number of nitrogens with two attached hydrogens (primary N) is 1. The van der Waals surface area contributed by atoms with Crippen molar-refractivity contribution in [3.63, 3.8) is 0 Å². The lowest BCUT2D eigenvalue weighted by molar-refractivity contribution is 0.322. The smallest absolute Gasteiger partial charge is 0.238 e. The molecule has 1 aromatic carbocycles. The fourth-order valence-corrected chi connectivity index (χ4v) is 2.33. The third-order valence-corrected chi connectivity index (χ3v) is 3.41. The monoisotopic (exact) mass is 255 g/mol. The summed E-state index contributed by atoms with van der Waals surface area (Å²) in [6.07, 6.45) is 2.51. The minimum atomic E-state index is -3.67. The normalized spacial score (nSPS) is 11.2. The predicted molar refractivity (Wildman–Crippen MR) is 67.6 cm³/mol. The number of hydrogen-bond acceptors (Lipinski definition) is 3. The van der Waals surface area contributed by atoms with Crippen LogP contribution in [0.3, 0.4) is 0 Å². The molecule has 0 spiro atoms. The molecule has 1 rings (SSSR count). The maximum Gasteiger partial charge on any atom is 0.238 e. The Bertz CT molecular complexity index is 521. The number of primary sulfonamides is 1. The summed E-state index contributed by atoms with van der Waals surface area (Å²) < 4.78 is 28.1. The maximum atomic E-state index is 11.3. The van der Waals surface area contributed by atoms with Crippen molar-refractivity contribution in [3.8, 4) is 5.75 Å². The summed E-state index contributed by atoms with van der Waals surface area (Å²) in [4.78, 5) is 0.145. The zero-order chi connectivity index (χ0) is 13.1. The van der Waals surface area contributed by atoms with E-state index >= 15 is 0 Å². The Morgan fingerprint density at radius 2 is 2.00 bits per heavy atom. The van der Waals surface area contributed by atoms with E-state index in [0.29, 0.717) is 17.9 Å². The lowest BCUT2D eigenvalue weighted by Crippen LogP contribution is -2.14. The van der Waals surface area contributed by atoms with E-state index in [4.69, 9.17) is 9.88 Å². The van der Waals surface area contributed by atoms with Crippen LogP contribution in [0.5, 0.6) is 5.75 Å². The summed E-state index contributed by atoms with van der Waals surface area (Å²) in [5.74, 6) is 0.678. The molecule has 0 bridgehead atoms. The first-order chi connectivity index (χ1) is 7.86. The quantitative estimate of drug-likeness (QED) is 0.645. The van der Waals surface area contributed by atoms with Crippen molar-refractivity contribution in [1.29, 1.82) is 0 Å². The molecule has 1 aromatic rings. The Morgan fingerprint density at radius 3 is 2.53 bits per heavy atom. The summed E-state index contributed by atoms with van der Waals surface area (Å²) in [7, 11) is -3.67. The number of ether oxygens (including phenoxy) is 1. The van der Waals surface area contributed by atoms with Gasteiger partial charge in [0.15, 0.2) is 0 Å². The molecule has 0 aliphatic carbocycles. The molecule has 0 unspecified atom stereocenters. The van der Waals surface area contributed by atoms with Crippen LogP contribution in [0, 0.1) is 13.8 Å². The fraction of sp³-hybridized carbons (Fsp3) is 0.333. The number of aryl methyl sites for hydroxylation is 2. The van der Waals surface area contributed by atoms with E-state index in [0.717, 1.165) is 12.0 Å². The molecule has 0 aliphatic heterocycles. The van der Waals surface area contributed by atoms with E-state index in [1.165, 1.54) is 6.07 Å². The third kappa shape index (κ3) is 3.57. The highest BCUT2D eigenvalue weighted by molar-refractivity contribution is 7.89. The average Bonchev–Trinajstić information content (AvgIpc) is 2.21. The van der Waals surface area contributed by atoms with Crippen LogP contribution in [-0.4, -0.2) is 15.0 Å².